The molecule has 1 saturated heterocycles. The van der Waals surface area contributed by atoms with Gasteiger partial charge in [-0.15, -0.1) is 4.36 Å². The molecule has 0 saturated carbocycles. The zero-order valence-corrected chi connectivity index (χ0v) is 25.3. The Bertz CT molecular complexity index is 1790. The van der Waals surface area contributed by atoms with Crippen molar-refractivity contribution in [2.24, 2.45) is 4.36 Å². The van der Waals surface area contributed by atoms with E-state index in [-0.39, 0.29) is 46.0 Å². The third kappa shape index (κ3) is 6.85. The van der Waals surface area contributed by atoms with E-state index in [2.05, 4.69) is 19.6 Å². The van der Waals surface area contributed by atoms with Crippen LogP contribution in [-0.2, 0) is 24.7 Å². The molecule has 1 fully saturated rings. The molecule has 1 aliphatic rings. The normalized spacial score (nSPS) is 15.3. The van der Waals surface area contributed by atoms with Gasteiger partial charge in [0.05, 0.1) is 22.4 Å². The molecule has 0 radical (unpaired) electrons. The van der Waals surface area contributed by atoms with Gasteiger partial charge in [0.15, 0.2) is 0 Å². The Hall–Kier alpha value is -4.10. The van der Waals surface area contributed by atoms with E-state index in [0.717, 1.165) is 10.6 Å². The molecule has 2 heterocycles. The quantitative estimate of drug-likeness (QED) is 0.386. The van der Waals surface area contributed by atoms with Crippen molar-refractivity contribution in [2.75, 3.05) is 54.0 Å². The molecule has 13 nitrogen and oxygen atoms in total. The number of nitrogens with one attached hydrogen (secondary N) is 1. The lowest BCUT2D eigenvalue weighted by Crippen LogP contribution is -2.49. The van der Waals surface area contributed by atoms with E-state index in [1.165, 1.54) is 56.4 Å². The van der Waals surface area contributed by atoms with Gasteiger partial charge in [-0.25, -0.2) is 26.9 Å². The summed E-state index contributed by atoms with van der Waals surface area (Å²) in [5.74, 6) is -0.872. The topological polar surface area (TPSA) is 169 Å². The van der Waals surface area contributed by atoms with Crippen molar-refractivity contribution in [1.29, 1.82) is 5.26 Å². The highest BCUT2D eigenvalue weighted by Gasteiger charge is 2.29. The van der Waals surface area contributed by atoms with E-state index in [4.69, 9.17) is 11.6 Å². The Morgan fingerprint density at radius 1 is 1.05 bits per heavy atom. The second-order valence-electron chi connectivity index (χ2n) is 9.24. The molecule has 16 heteroatoms. The first-order chi connectivity index (χ1) is 19.8. The number of nitriles is 1. The largest absolute Gasteiger partial charge is 0.338 e. The Labute approximate surface area is 249 Å². The average Bonchev–Trinajstić information content (AvgIpc) is 2.96. The molecule has 4 rings (SSSR count). The summed E-state index contributed by atoms with van der Waals surface area (Å²) in [4.78, 5) is 35.5. The Kier molecular flexibility index (Phi) is 9.12. The van der Waals surface area contributed by atoms with E-state index < -0.39 is 31.8 Å². The van der Waals surface area contributed by atoms with Crippen LogP contribution in [0.3, 0.4) is 0 Å². The summed E-state index contributed by atoms with van der Waals surface area (Å²) in [6.07, 6.45) is 1.04. The highest BCUT2D eigenvalue weighted by Crippen LogP contribution is 2.26. The number of nitrogens with zero attached hydrogens (tertiary/aromatic N) is 7. The number of carbonyl (C=O) groups excluding carboxylic acids is 2. The van der Waals surface area contributed by atoms with Crippen molar-refractivity contribution in [3.8, 4) is 6.07 Å². The van der Waals surface area contributed by atoms with E-state index in [1.807, 2.05) is 6.07 Å². The number of amides is 2. The van der Waals surface area contributed by atoms with Crippen LogP contribution in [0.4, 0.5) is 17.3 Å². The number of hydrogen-bond acceptors (Lipinski definition) is 9. The molecular weight excluding hydrogens is 604 g/mol. The van der Waals surface area contributed by atoms with Gasteiger partial charge in [0, 0.05) is 51.9 Å². The Morgan fingerprint density at radius 3 is 2.29 bits per heavy atom. The van der Waals surface area contributed by atoms with Gasteiger partial charge in [0.1, 0.15) is 26.8 Å². The minimum Gasteiger partial charge on any atom is -0.338 e. The van der Waals surface area contributed by atoms with Crippen molar-refractivity contribution >= 4 is 60.7 Å². The third-order valence-electron chi connectivity index (χ3n) is 6.33. The zero-order chi connectivity index (χ0) is 30.7. The Balaban J connectivity index is 1.54. The minimum atomic E-state index is -3.60. The number of rotatable bonds is 7. The molecular formula is C26H27ClN8O5S2. The van der Waals surface area contributed by atoms with Crippen molar-refractivity contribution in [2.45, 2.75) is 11.8 Å². The fourth-order valence-corrected chi connectivity index (χ4v) is 6.92. The molecule has 0 aliphatic carbocycles. The summed E-state index contributed by atoms with van der Waals surface area (Å²) in [5, 5.41) is 12.0. The summed E-state index contributed by atoms with van der Waals surface area (Å²) in [5.41, 5.74) is 0.846. The number of para-hydroxylation sites is 1. The molecule has 0 bridgehead atoms. The predicted molar refractivity (Wildman–Crippen MR) is 159 cm³/mol. The number of sulfonamides is 1. The zero-order valence-electron chi connectivity index (χ0n) is 22.9. The number of aromatic nitrogens is 2. The number of piperazine rings is 1. The molecule has 3 aromatic rings. The van der Waals surface area contributed by atoms with Crippen LogP contribution in [0.2, 0.25) is 5.15 Å². The summed E-state index contributed by atoms with van der Waals surface area (Å²) < 4.78 is 44.9. The second-order valence-corrected chi connectivity index (χ2v) is 13.8. The highest BCUT2D eigenvalue weighted by molar-refractivity contribution is 7.92. The smallest absolute Gasteiger partial charge is 0.257 e. The second kappa shape index (κ2) is 12.4. The molecule has 1 aromatic heterocycles. The molecule has 1 atom stereocenters. The van der Waals surface area contributed by atoms with Crippen LogP contribution in [0.1, 0.15) is 23.0 Å². The maximum Gasteiger partial charge on any atom is 0.257 e. The minimum absolute atomic E-state index is 0.126. The number of hydrogen-bond donors (Lipinski definition) is 1. The first kappa shape index (κ1) is 30.8. The van der Waals surface area contributed by atoms with Crippen molar-refractivity contribution in [1.82, 2.24) is 14.3 Å². The molecule has 220 valence electrons. The molecule has 1 unspecified atom stereocenters. The van der Waals surface area contributed by atoms with E-state index in [1.54, 1.807) is 21.3 Å². The average molecular weight is 631 g/mol. The van der Waals surface area contributed by atoms with Crippen molar-refractivity contribution in [3.63, 3.8) is 0 Å². The van der Waals surface area contributed by atoms with E-state index in [9.17, 15) is 27.5 Å². The number of halogens is 1. The molecule has 0 spiro atoms. The molecule has 2 amide bonds. The maximum absolute atomic E-state index is 14.2. The SMILES string of the molecule is CC(=O)N=S(=O)(c1ccc(NC(=O)c2ccccc2N(C)S(C)(=O)=O)cc1)N1CCN(c2nc(Cl)cc(C#N)n2)CC1. The standard InChI is InChI=1S/C26H27ClN8O5S2/c1-18(36)32-42(40,35-14-12-34(13-15-35)26-30-20(17-28)16-24(27)31-26)21-10-8-19(9-11-21)29-25(37)22-6-4-5-7-23(22)33(2)41(3,38)39/h4-11,16H,12-15H2,1-3H3,(H,29,37). The molecule has 1 N–H and O–H groups in total. The first-order valence-electron chi connectivity index (χ1n) is 12.5. The number of benzene rings is 2. The van der Waals surface area contributed by atoms with Gasteiger partial charge in [0.25, 0.3) is 11.8 Å². The van der Waals surface area contributed by atoms with Crippen LogP contribution in [0.25, 0.3) is 0 Å². The Morgan fingerprint density at radius 2 is 1.69 bits per heavy atom. The number of carbonyl (C=O) groups is 2. The lowest BCUT2D eigenvalue weighted by molar-refractivity contribution is -0.115. The summed E-state index contributed by atoms with van der Waals surface area (Å²) in [6, 6.07) is 15.7. The van der Waals surface area contributed by atoms with Gasteiger partial charge in [-0.1, -0.05) is 23.7 Å². The first-order valence-corrected chi connectivity index (χ1v) is 16.2. The van der Waals surface area contributed by atoms with Gasteiger partial charge in [-0.3, -0.25) is 13.9 Å². The van der Waals surface area contributed by atoms with Crippen molar-refractivity contribution in [3.05, 3.63) is 71.0 Å². The van der Waals surface area contributed by atoms with Crippen LogP contribution in [0, 0.1) is 11.3 Å². The number of anilines is 3. The van der Waals surface area contributed by atoms with Crippen LogP contribution in [0.5, 0.6) is 0 Å². The monoisotopic (exact) mass is 630 g/mol. The van der Waals surface area contributed by atoms with Crippen LogP contribution in [-0.4, -0.2) is 78.2 Å². The van der Waals surface area contributed by atoms with Crippen LogP contribution in [0.15, 0.2) is 63.9 Å². The molecule has 42 heavy (non-hydrogen) atoms. The lowest BCUT2D eigenvalue weighted by Gasteiger charge is -2.35. The van der Waals surface area contributed by atoms with Gasteiger partial charge in [0.2, 0.25) is 16.0 Å². The van der Waals surface area contributed by atoms with E-state index >= 15 is 0 Å². The highest BCUT2D eigenvalue weighted by atomic mass is 35.5. The van der Waals surface area contributed by atoms with Gasteiger partial charge >= 0.3 is 0 Å². The summed E-state index contributed by atoms with van der Waals surface area (Å²) >= 11 is 6.01. The lowest BCUT2D eigenvalue weighted by atomic mass is 10.1. The molecule has 2 aromatic carbocycles. The van der Waals surface area contributed by atoms with E-state index in [0.29, 0.717) is 18.8 Å². The molecule has 1 aliphatic heterocycles. The third-order valence-corrected chi connectivity index (χ3v) is 10.2. The van der Waals surface area contributed by atoms with Gasteiger partial charge in [-0.05, 0) is 36.4 Å². The van der Waals surface area contributed by atoms with Crippen LogP contribution >= 0.6 is 11.6 Å². The fraction of sp³-hybridized carbons (Fsp3) is 0.269. The maximum atomic E-state index is 14.2. The van der Waals surface area contributed by atoms with Crippen LogP contribution < -0.4 is 14.5 Å². The summed E-state index contributed by atoms with van der Waals surface area (Å²) in [6.45, 7) is 2.39. The van der Waals surface area contributed by atoms with Gasteiger partial charge in [-0.2, -0.15) is 5.26 Å². The van der Waals surface area contributed by atoms with Crippen molar-refractivity contribution < 1.29 is 22.2 Å². The fourth-order valence-electron chi connectivity index (χ4n) is 4.21. The van der Waals surface area contributed by atoms with Gasteiger partial charge < -0.3 is 10.2 Å². The summed E-state index contributed by atoms with van der Waals surface area (Å²) in [7, 11) is -5.59. The predicted octanol–water partition coefficient (Wildman–Crippen LogP) is 2.76.